The Morgan fingerprint density at radius 3 is 2.46 bits per heavy atom. The number of rotatable bonds is 9. The van der Waals surface area contributed by atoms with Gasteiger partial charge in [0, 0.05) is 35.1 Å². The van der Waals surface area contributed by atoms with Crippen LogP contribution in [0, 0.1) is 0 Å². The highest BCUT2D eigenvalue weighted by Crippen LogP contribution is 2.09. The predicted octanol–water partition coefficient (Wildman–Crippen LogP) is 1.73. The lowest BCUT2D eigenvalue weighted by Crippen LogP contribution is -2.45. The Labute approximate surface area is 155 Å². The summed E-state index contributed by atoms with van der Waals surface area (Å²) >= 11 is 6.26. The van der Waals surface area contributed by atoms with Crippen molar-refractivity contribution in [3.63, 3.8) is 0 Å². The number of unbranched alkanes of at least 4 members (excludes halogenated alkanes) is 1. The van der Waals surface area contributed by atoms with Crippen LogP contribution in [-0.4, -0.2) is 61.6 Å². The molecule has 140 valence electrons. The number of alkyl carbamates (subject to hydrolysis) is 1. The summed E-state index contributed by atoms with van der Waals surface area (Å²) in [4.78, 5) is 22.8. The molecule has 0 aromatic rings. The van der Waals surface area contributed by atoms with Crippen molar-refractivity contribution >= 4 is 51.2 Å². The van der Waals surface area contributed by atoms with Crippen LogP contribution < -0.4 is 10.6 Å². The summed E-state index contributed by atoms with van der Waals surface area (Å²) in [5, 5.41) is 14.5. The van der Waals surface area contributed by atoms with Crippen molar-refractivity contribution in [2.45, 2.75) is 45.3 Å². The van der Waals surface area contributed by atoms with Crippen molar-refractivity contribution in [2.75, 3.05) is 24.3 Å². The first-order valence-electron chi connectivity index (χ1n) is 7.44. The maximum Gasteiger partial charge on any atom is 0.408 e. The van der Waals surface area contributed by atoms with Gasteiger partial charge in [-0.1, -0.05) is 24.0 Å². The molecule has 0 radical (unpaired) electrons. The second-order valence-corrected chi connectivity index (χ2v) is 9.30. The van der Waals surface area contributed by atoms with Gasteiger partial charge in [0.2, 0.25) is 0 Å². The Balaban J connectivity index is 4.12. The summed E-state index contributed by atoms with van der Waals surface area (Å²) in [7, 11) is -0.791. The van der Waals surface area contributed by atoms with Crippen LogP contribution in [0.3, 0.4) is 0 Å². The number of hydrogen-bond donors (Lipinski definition) is 3. The van der Waals surface area contributed by atoms with Crippen LogP contribution in [0.2, 0.25) is 0 Å². The van der Waals surface area contributed by atoms with Crippen molar-refractivity contribution in [1.82, 2.24) is 10.6 Å². The Morgan fingerprint density at radius 2 is 1.96 bits per heavy atom. The largest absolute Gasteiger partial charge is 0.480 e. The van der Waals surface area contributed by atoms with Gasteiger partial charge in [-0.2, -0.15) is 0 Å². The molecule has 7 nitrogen and oxygen atoms in total. The molecule has 0 aliphatic carbocycles. The summed E-state index contributed by atoms with van der Waals surface area (Å²) in [5.74, 6) is -0.399. The van der Waals surface area contributed by atoms with E-state index in [2.05, 4.69) is 10.6 Å². The van der Waals surface area contributed by atoms with E-state index >= 15 is 0 Å². The highest BCUT2D eigenvalue weighted by atomic mass is 32.2. The monoisotopic (exact) mass is 398 g/mol. The average Bonchev–Trinajstić information content (AvgIpc) is 2.40. The number of carboxylic acids is 1. The number of carbonyl (C=O) groups is 2. The fourth-order valence-electron chi connectivity index (χ4n) is 1.46. The summed E-state index contributed by atoms with van der Waals surface area (Å²) in [5.41, 5.74) is -0.695. The van der Waals surface area contributed by atoms with Gasteiger partial charge < -0.3 is 20.5 Å². The number of amides is 1. The van der Waals surface area contributed by atoms with Gasteiger partial charge in [-0.15, -0.1) is 0 Å². The molecular formula is C14H26N2O5S3. The van der Waals surface area contributed by atoms with Crippen molar-refractivity contribution in [1.29, 1.82) is 0 Å². The summed E-state index contributed by atoms with van der Waals surface area (Å²) in [6.07, 6.45) is 2.56. The van der Waals surface area contributed by atoms with E-state index in [1.807, 2.05) is 0 Å². The molecule has 0 unspecified atom stereocenters. The fraction of sp³-hybridized carbons (Fsp3) is 0.786. The van der Waals surface area contributed by atoms with Crippen molar-refractivity contribution in [3.8, 4) is 0 Å². The Hall–Kier alpha value is -0.870. The van der Waals surface area contributed by atoms with Crippen molar-refractivity contribution < 1.29 is 23.6 Å². The van der Waals surface area contributed by atoms with E-state index in [-0.39, 0.29) is 5.75 Å². The molecule has 0 aliphatic rings. The lowest BCUT2D eigenvalue weighted by molar-refractivity contribution is -0.138. The molecule has 0 heterocycles. The lowest BCUT2D eigenvalue weighted by Gasteiger charge is -2.22. The first kappa shape index (κ1) is 23.1. The maximum absolute atomic E-state index is 11.6. The fourth-order valence-corrected chi connectivity index (χ4v) is 3.12. The van der Waals surface area contributed by atoms with Gasteiger partial charge in [-0.25, -0.2) is 9.59 Å². The quantitative estimate of drug-likeness (QED) is 0.398. The number of thioether (sulfide) groups is 1. The summed E-state index contributed by atoms with van der Waals surface area (Å²) in [6.45, 7) is 5.74. The Kier molecular flexibility index (Phi) is 11.2. The Bertz CT molecular complexity index is 466. The summed E-state index contributed by atoms with van der Waals surface area (Å²) < 4.78 is 16.4. The minimum absolute atomic E-state index is 0.0966. The van der Waals surface area contributed by atoms with Crippen molar-refractivity contribution in [3.05, 3.63) is 0 Å². The van der Waals surface area contributed by atoms with Crippen LogP contribution >= 0.6 is 24.0 Å². The summed E-state index contributed by atoms with van der Waals surface area (Å²) in [6, 6.07) is -1.09. The van der Waals surface area contributed by atoms with Crippen molar-refractivity contribution in [2.24, 2.45) is 0 Å². The van der Waals surface area contributed by atoms with Gasteiger partial charge in [-0.05, 0) is 33.6 Å². The molecule has 0 saturated heterocycles. The number of carboxylic acid groups (broad SMARTS) is 1. The van der Waals surface area contributed by atoms with Crippen LogP contribution in [0.15, 0.2) is 0 Å². The Morgan fingerprint density at radius 1 is 1.33 bits per heavy atom. The highest BCUT2D eigenvalue weighted by Gasteiger charge is 2.24. The van der Waals surface area contributed by atoms with Gasteiger partial charge in [-0.3, -0.25) is 4.21 Å². The molecule has 0 spiro atoms. The number of hydrogen-bond acceptors (Lipinski definition) is 6. The number of aliphatic carboxylic acids is 1. The van der Waals surface area contributed by atoms with Gasteiger partial charge in [0.05, 0.1) is 0 Å². The molecule has 3 N–H and O–H groups in total. The molecule has 1 amide bonds. The van der Waals surface area contributed by atoms with E-state index in [9.17, 15) is 13.8 Å². The topological polar surface area (TPSA) is 105 Å². The van der Waals surface area contributed by atoms with E-state index in [1.165, 1.54) is 0 Å². The molecule has 0 fully saturated rings. The van der Waals surface area contributed by atoms with E-state index in [0.29, 0.717) is 16.6 Å². The minimum Gasteiger partial charge on any atom is -0.480 e. The average molecular weight is 399 g/mol. The van der Waals surface area contributed by atoms with Gasteiger partial charge in [0.1, 0.15) is 16.0 Å². The van der Waals surface area contributed by atoms with E-state index < -0.39 is 34.5 Å². The molecule has 0 aromatic carbocycles. The zero-order valence-electron chi connectivity index (χ0n) is 14.4. The third kappa shape index (κ3) is 13.6. The van der Waals surface area contributed by atoms with Gasteiger partial charge >= 0.3 is 12.1 Å². The number of thiocarbonyl (C=S) groups is 1. The molecule has 0 aromatic heterocycles. The van der Waals surface area contributed by atoms with E-state index in [4.69, 9.17) is 22.1 Å². The van der Waals surface area contributed by atoms with Crippen LogP contribution in [-0.2, 0) is 20.3 Å². The highest BCUT2D eigenvalue weighted by molar-refractivity contribution is 8.23. The number of nitrogens with one attached hydrogen (secondary N) is 2. The van der Waals surface area contributed by atoms with Crippen LogP contribution in [0.5, 0.6) is 0 Å². The molecule has 24 heavy (non-hydrogen) atoms. The SMILES string of the molecule is C[S@](=O)CCCCNC(=S)SC[C@@H](NC(=O)OC(C)(C)C)C(=O)O. The van der Waals surface area contributed by atoms with Crippen LogP contribution in [0.25, 0.3) is 0 Å². The first-order valence-corrected chi connectivity index (χ1v) is 10.6. The van der Waals surface area contributed by atoms with Crippen LogP contribution in [0.1, 0.15) is 33.6 Å². The molecular weight excluding hydrogens is 372 g/mol. The predicted molar refractivity (Wildman–Crippen MR) is 102 cm³/mol. The lowest BCUT2D eigenvalue weighted by atomic mass is 10.2. The van der Waals surface area contributed by atoms with E-state index in [0.717, 1.165) is 24.6 Å². The standard InChI is InChI=1S/C14H26N2O5S3/c1-14(2,3)21-12(19)16-10(11(17)18)9-23-13(22)15-7-5-6-8-24(4)20/h10H,5-9H2,1-4H3,(H,15,22)(H,16,19)(H,17,18)/t10-,24+/m1/s1. The zero-order chi connectivity index (χ0) is 18.8. The number of ether oxygens (including phenoxy) is 1. The third-order valence-corrected chi connectivity index (χ3v) is 4.77. The number of carbonyl (C=O) groups excluding carboxylic acids is 1. The van der Waals surface area contributed by atoms with Crippen LogP contribution in [0.4, 0.5) is 4.79 Å². The third-order valence-electron chi connectivity index (χ3n) is 2.50. The molecule has 0 saturated carbocycles. The van der Waals surface area contributed by atoms with Gasteiger partial charge in [0.15, 0.2) is 0 Å². The molecule has 0 rings (SSSR count). The normalized spacial score (nSPS) is 13.7. The minimum atomic E-state index is -1.15. The van der Waals surface area contributed by atoms with E-state index in [1.54, 1.807) is 27.0 Å². The molecule has 0 bridgehead atoms. The molecule has 10 heteroatoms. The first-order chi connectivity index (χ1) is 11.0. The molecule has 0 aliphatic heterocycles. The molecule has 2 atom stereocenters. The second-order valence-electron chi connectivity index (χ2n) is 6.05. The van der Waals surface area contributed by atoms with Gasteiger partial charge in [0.25, 0.3) is 0 Å². The maximum atomic E-state index is 11.6. The second kappa shape index (κ2) is 11.6. The zero-order valence-corrected chi connectivity index (χ0v) is 16.9. The smallest absolute Gasteiger partial charge is 0.408 e.